The molecule has 0 aliphatic heterocycles. The summed E-state index contributed by atoms with van der Waals surface area (Å²) in [5.41, 5.74) is 0. The van der Waals surface area contributed by atoms with Gasteiger partial charge in [-0.3, -0.25) is 0 Å². The highest BCUT2D eigenvalue weighted by Crippen LogP contribution is 2.33. The van der Waals surface area contributed by atoms with Gasteiger partial charge < -0.3 is 0 Å². The van der Waals surface area contributed by atoms with Gasteiger partial charge in [-0.2, -0.15) is 0 Å². The summed E-state index contributed by atoms with van der Waals surface area (Å²) < 4.78 is 0. The molecule has 0 N–H and O–H groups in total. The summed E-state index contributed by atoms with van der Waals surface area (Å²) in [5, 5.41) is 2.10. The van der Waals surface area contributed by atoms with Crippen LogP contribution in [-0.4, -0.2) is 15.7 Å². The van der Waals surface area contributed by atoms with E-state index in [1.165, 1.54) is 16.6 Å². The molecular weight excluding hydrogens is 272 g/mol. The highest BCUT2D eigenvalue weighted by atomic mass is 35.5. The monoisotopic (exact) mass is 282 g/mol. The van der Waals surface area contributed by atoms with Gasteiger partial charge in [0.15, 0.2) is 5.16 Å². The molecule has 0 saturated heterocycles. The lowest BCUT2D eigenvalue weighted by molar-refractivity contribution is 0.890. The first-order chi connectivity index (χ1) is 8.11. The molecule has 0 aromatic carbocycles. The maximum absolute atomic E-state index is 6.15. The Balaban J connectivity index is 2.46. The fourth-order valence-corrected chi connectivity index (χ4v) is 3.29. The summed E-state index contributed by atoms with van der Waals surface area (Å²) >= 11 is 9.25. The van der Waals surface area contributed by atoms with Crippen molar-refractivity contribution >= 4 is 44.9 Å². The summed E-state index contributed by atoms with van der Waals surface area (Å²) in [6.45, 7) is 4.31. The van der Waals surface area contributed by atoms with E-state index in [9.17, 15) is 0 Å². The van der Waals surface area contributed by atoms with Crippen molar-refractivity contribution in [2.75, 3.05) is 5.75 Å². The second kappa shape index (κ2) is 5.26. The van der Waals surface area contributed by atoms with E-state index in [2.05, 4.69) is 35.8 Å². The third kappa shape index (κ3) is 2.74. The van der Waals surface area contributed by atoms with Gasteiger partial charge in [0.05, 0.1) is 5.75 Å². The normalized spacial score (nSPS) is 11.0. The first-order valence-electron chi connectivity index (χ1n) is 5.15. The van der Waals surface area contributed by atoms with Gasteiger partial charge in [-0.25, -0.2) is 9.97 Å². The Kier molecular flexibility index (Phi) is 3.93. The molecule has 0 spiro atoms. The Morgan fingerprint density at radius 3 is 2.94 bits per heavy atom. The summed E-state index contributed by atoms with van der Waals surface area (Å²) in [5.74, 6) is 3.59. The third-order valence-electron chi connectivity index (χ3n) is 2.20. The molecule has 17 heavy (non-hydrogen) atoms. The lowest BCUT2D eigenvalue weighted by Crippen LogP contribution is -1.87. The van der Waals surface area contributed by atoms with Crippen molar-refractivity contribution in [3.05, 3.63) is 16.1 Å². The van der Waals surface area contributed by atoms with E-state index in [4.69, 9.17) is 18.0 Å². The highest BCUT2D eigenvalue weighted by molar-refractivity contribution is 7.99. The van der Waals surface area contributed by atoms with Crippen molar-refractivity contribution in [2.45, 2.75) is 24.9 Å². The van der Waals surface area contributed by atoms with Crippen LogP contribution >= 0.6 is 34.7 Å². The number of hydrogen-bond donors (Lipinski definition) is 0. The Morgan fingerprint density at radius 2 is 2.29 bits per heavy atom. The minimum absolute atomic E-state index is 0.479. The standard InChI is InChI=1S/C12H11ClN2S2/c1-4-5-16-12-14-10(13)8-6-9(7(2)3)17-11(8)15-12/h1,6-7H,5H2,2-3H3. The van der Waals surface area contributed by atoms with Crippen molar-refractivity contribution in [2.24, 2.45) is 0 Å². The molecule has 0 aliphatic carbocycles. The molecule has 2 aromatic rings. The number of fused-ring (bicyclic) bond motifs is 1. The Morgan fingerprint density at radius 1 is 1.53 bits per heavy atom. The van der Waals surface area contributed by atoms with Crippen LogP contribution in [0, 0.1) is 12.3 Å². The molecule has 0 saturated carbocycles. The van der Waals surface area contributed by atoms with Crippen molar-refractivity contribution in [3.8, 4) is 12.3 Å². The number of rotatable bonds is 3. The molecule has 0 bridgehead atoms. The van der Waals surface area contributed by atoms with Crippen molar-refractivity contribution < 1.29 is 0 Å². The topological polar surface area (TPSA) is 25.8 Å². The van der Waals surface area contributed by atoms with E-state index >= 15 is 0 Å². The summed E-state index contributed by atoms with van der Waals surface area (Å²) in [7, 11) is 0. The van der Waals surface area contributed by atoms with E-state index in [0.717, 1.165) is 10.2 Å². The first kappa shape index (κ1) is 12.7. The van der Waals surface area contributed by atoms with Gasteiger partial charge in [0.1, 0.15) is 9.98 Å². The largest absolute Gasteiger partial charge is 0.211 e. The summed E-state index contributed by atoms with van der Waals surface area (Å²) in [4.78, 5) is 10.9. The highest BCUT2D eigenvalue weighted by Gasteiger charge is 2.12. The number of hydrogen-bond acceptors (Lipinski definition) is 4. The fraction of sp³-hybridized carbons (Fsp3) is 0.333. The third-order valence-corrected chi connectivity index (χ3v) is 4.57. The summed E-state index contributed by atoms with van der Waals surface area (Å²) in [6, 6.07) is 2.07. The molecule has 0 amide bonds. The van der Waals surface area contributed by atoms with Crippen molar-refractivity contribution in [1.82, 2.24) is 9.97 Å². The van der Waals surface area contributed by atoms with E-state index in [1.54, 1.807) is 11.3 Å². The number of halogens is 1. The summed E-state index contributed by atoms with van der Waals surface area (Å²) in [6.07, 6.45) is 5.21. The van der Waals surface area contributed by atoms with Crippen molar-refractivity contribution in [3.63, 3.8) is 0 Å². The second-order valence-electron chi connectivity index (χ2n) is 3.81. The first-order valence-corrected chi connectivity index (χ1v) is 7.33. The molecule has 2 nitrogen and oxygen atoms in total. The second-order valence-corrected chi connectivity index (χ2v) is 6.17. The molecule has 0 fully saturated rings. The van der Waals surface area contributed by atoms with Crippen LogP contribution in [0.2, 0.25) is 5.15 Å². The molecular formula is C12H11ClN2S2. The minimum atomic E-state index is 0.479. The lowest BCUT2D eigenvalue weighted by Gasteiger charge is -1.97. The molecule has 0 unspecified atom stereocenters. The Hall–Kier alpha value is -0.760. The lowest BCUT2D eigenvalue weighted by atomic mass is 10.2. The van der Waals surface area contributed by atoms with Crippen LogP contribution in [0.1, 0.15) is 24.6 Å². The van der Waals surface area contributed by atoms with Crippen LogP contribution in [0.5, 0.6) is 0 Å². The van der Waals surface area contributed by atoms with Gasteiger partial charge in [-0.1, -0.05) is 43.1 Å². The molecule has 2 aromatic heterocycles. The quantitative estimate of drug-likeness (QED) is 0.365. The predicted octanol–water partition coefficient (Wildman–Crippen LogP) is 4.19. The van der Waals surface area contributed by atoms with Gasteiger partial charge in [0, 0.05) is 10.3 Å². The molecule has 0 aliphatic rings. The maximum Gasteiger partial charge on any atom is 0.191 e. The molecule has 2 heterocycles. The average molecular weight is 283 g/mol. The van der Waals surface area contributed by atoms with E-state index in [-0.39, 0.29) is 0 Å². The van der Waals surface area contributed by atoms with E-state index in [1.807, 2.05) is 0 Å². The number of aromatic nitrogens is 2. The van der Waals surface area contributed by atoms with Crippen LogP contribution in [0.15, 0.2) is 11.2 Å². The van der Waals surface area contributed by atoms with Crippen LogP contribution in [0.25, 0.3) is 10.2 Å². The zero-order chi connectivity index (χ0) is 12.4. The Labute approximate surface area is 114 Å². The van der Waals surface area contributed by atoms with Gasteiger partial charge in [-0.05, 0) is 12.0 Å². The van der Waals surface area contributed by atoms with Gasteiger partial charge >= 0.3 is 0 Å². The number of thioether (sulfide) groups is 1. The molecule has 0 radical (unpaired) electrons. The van der Waals surface area contributed by atoms with Crippen LogP contribution in [-0.2, 0) is 0 Å². The van der Waals surface area contributed by atoms with Crippen LogP contribution in [0.4, 0.5) is 0 Å². The minimum Gasteiger partial charge on any atom is -0.211 e. The SMILES string of the molecule is C#CCSc1nc(Cl)c2cc(C(C)C)sc2n1. The molecule has 2 rings (SSSR count). The number of thiophene rings is 1. The Bertz CT molecular complexity index is 584. The van der Waals surface area contributed by atoms with E-state index in [0.29, 0.717) is 22.0 Å². The van der Waals surface area contributed by atoms with Crippen LogP contribution < -0.4 is 0 Å². The average Bonchev–Trinajstić information content (AvgIpc) is 2.71. The van der Waals surface area contributed by atoms with E-state index < -0.39 is 0 Å². The van der Waals surface area contributed by atoms with Crippen molar-refractivity contribution in [1.29, 1.82) is 0 Å². The zero-order valence-corrected chi connectivity index (χ0v) is 11.9. The van der Waals surface area contributed by atoms with Gasteiger partial charge in [0.25, 0.3) is 0 Å². The maximum atomic E-state index is 6.15. The molecule has 0 atom stereocenters. The molecule has 5 heteroatoms. The zero-order valence-electron chi connectivity index (χ0n) is 9.53. The van der Waals surface area contributed by atoms with Crippen LogP contribution in [0.3, 0.4) is 0 Å². The fourth-order valence-electron chi connectivity index (χ4n) is 1.34. The smallest absolute Gasteiger partial charge is 0.191 e. The molecule has 88 valence electrons. The predicted molar refractivity (Wildman–Crippen MR) is 76.1 cm³/mol. The number of nitrogens with zero attached hydrogens (tertiary/aromatic N) is 2. The van der Waals surface area contributed by atoms with Gasteiger partial charge in [0.2, 0.25) is 0 Å². The van der Waals surface area contributed by atoms with Gasteiger partial charge in [-0.15, -0.1) is 17.8 Å². The number of terminal acetylenes is 1.